The molecule has 0 spiro atoms. The largest absolute Gasteiger partial charge is 0.321 e. The summed E-state index contributed by atoms with van der Waals surface area (Å²) in [6.45, 7) is 2.78. The number of ketones is 1. The molecule has 2 rings (SSSR count). The van der Waals surface area contributed by atoms with E-state index in [1.54, 1.807) is 38.2 Å². The van der Waals surface area contributed by atoms with Crippen molar-refractivity contribution in [3.05, 3.63) is 59.4 Å². The lowest BCUT2D eigenvalue weighted by Gasteiger charge is -2.21. The van der Waals surface area contributed by atoms with Crippen LogP contribution in [0, 0.1) is 17.5 Å². The normalized spacial score (nSPS) is 12.8. The first-order valence-corrected chi connectivity index (χ1v) is 8.77. The van der Waals surface area contributed by atoms with Gasteiger partial charge < -0.3 is 15.5 Å². The predicted molar refractivity (Wildman–Crippen MR) is 101 cm³/mol. The number of nitrogens with one attached hydrogen (secondary N) is 3. The fourth-order valence-corrected chi connectivity index (χ4v) is 2.51. The molecule has 29 heavy (non-hydrogen) atoms. The summed E-state index contributed by atoms with van der Waals surface area (Å²) in [4.78, 5) is 36.4. The molecule has 9 heteroatoms. The number of likely N-dealkylation sites (N-methyl/N-ethyl adjacent to an activating group) is 1. The Balaban J connectivity index is 1.97. The van der Waals surface area contributed by atoms with Crippen LogP contribution in [-0.4, -0.2) is 37.2 Å². The van der Waals surface area contributed by atoms with E-state index in [4.69, 9.17) is 0 Å². The number of quaternary nitrogens is 1. The van der Waals surface area contributed by atoms with Crippen LogP contribution in [0.1, 0.15) is 24.2 Å². The van der Waals surface area contributed by atoms with Crippen molar-refractivity contribution < 1.29 is 32.5 Å². The lowest BCUT2D eigenvalue weighted by molar-refractivity contribution is -0.885. The predicted octanol–water partition coefficient (Wildman–Crippen LogP) is 1.79. The van der Waals surface area contributed by atoms with E-state index in [1.807, 2.05) is 0 Å². The van der Waals surface area contributed by atoms with Crippen LogP contribution in [0.2, 0.25) is 0 Å². The Hall–Kier alpha value is -3.20. The molecule has 2 atom stereocenters. The highest BCUT2D eigenvalue weighted by molar-refractivity contribution is 5.98. The SMILES string of the molecule is CC(=O)c1cccc(NC(=O)[C@@H](C)[NH+](C)CC(=O)Nc2ccc(F)c(F)c2F)c1. The Morgan fingerprint density at radius 1 is 1.03 bits per heavy atom. The van der Waals surface area contributed by atoms with E-state index in [9.17, 15) is 27.6 Å². The number of carbonyl (C=O) groups is 3. The smallest absolute Gasteiger partial charge is 0.282 e. The number of halogens is 3. The molecule has 1 unspecified atom stereocenters. The standard InChI is InChI=1S/C20H20F3N3O3/c1-11(20(29)24-14-6-4-5-13(9-14)12(2)27)26(3)10-17(28)25-16-8-7-15(21)18(22)19(16)23/h4-9,11H,10H2,1-3H3,(H,24,29)(H,25,28)/p+1/t11-/m1/s1. The molecule has 0 fully saturated rings. The Bertz CT molecular complexity index is 950. The van der Waals surface area contributed by atoms with E-state index in [-0.39, 0.29) is 12.3 Å². The molecule has 0 aliphatic heterocycles. The summed E-state index contributed by atoms with van der Waals surface area (Å²) >= 11 is 0. The molecule has 0 bridgehead atoms. The van der Waals surface area contributed by atoms with Crippen molar-refractivity contribution in [2.75, 3.05) is 24.2 Å². The number of Topliss-reactive ketones (excluding diaryl/α,β-unsaturated/α-hetero) is 1. The zero-order valence-corrected chi connectivity index (χ0v) is 16.1. The van der Waals surface area contributed by atoms with Gasteiger partial charge in [-0.05, 0) is 38.1 Å². The topological polar surface area (TPSA) is 79.7 Å². The molecule has 2 aromatic rings. The fourth-order valence-electron chi connectivity index (χ4n) is 2.51. The van der Waals surface area contributed by atoms with E-state index in [0.29, 0.717) is 22.2 Å². The zero-order chi connectivity index (χ0) is 21.7. The van der Waals surface area contributed by atoms with Crippen LogP contribution >= 0.6 is 0 Å². The van der Waals surface area contributed by atoms with Crippen molar-refractivity contribution in [1.29, 1.82) is 0 Å². The van der Waals surface area contributed by atoms with E-state index in [2.05, 4.69) is 10.6 Å². The molecule has 154 valence electrons. The minimum Gasteiger partial charge on any atom is -0.321 e. The molecular weight excluding hydrogens is 387 g/mol. The van der Waals surface area contributed by atoms with Crippen LogP contribution < -0.4 is 15.5 Å². The Morgan fingerprint density at radius 3 is 2.38 bits per heavy atom. The summed E-state index contributed by atoms with van der Waals surface area (Å²) in [7, 11) is 1.58. The maximum Gasteiger partial charge on any atom is 0.282 e. The maximum atomic E-state index is 13.7. The first-order chi connectivity index (χ1) is 13.6. The first-order valence-electron chi connectivity index (χ1n) is 8.77. The van der Waals surface area contributed by atoms with Gasteiger partial charge >= 0.3 is 0 Å². The Kier molecular flexibility index (Phi) is 7.11. The molecule has 0 saturated carbocycles. The van der Waals surface area contributed by atoms with Crippen molar-refractivity contribution in [3.8, 4) is 0 Å². The fraction of sp³-hybridized carbons (Fsp3) is 0.250. The van der Waals surface area contributed by atoms with Crippen LogP contribution in [0.3, 0.4) is 0 Å². The van der Waals surface area contributed by atoms with Crippen LogP contribution in [0.5, 0.6) is 0 Å². The number of benzene rings is 2. The van der Waals surface area contributed by atoms with Gasteiger partial charge in [-0.25, -0.2) is 13.2 Å². The van der Waals surface area contributed by atoms with Gasteiger partial charge in [0.15, 0.2) is 35.8 Å². The highest BCUT2D eigenvalue weighted by Gasteiger charge is 2.25. The van der Waals surface area contributed by atoms with E-state index in [1.165, 1.54) is 6.92 Å². The molecule has 0 radical (unpaired) electrons. The van der Waals surface area contributed by atoms with Gasteiger partial charge in [0.1, 0.15) is 0 Å². The first kappa shape index (κ1) is 22.1. The number of hydrogen-bond acceptors (Lipinski definition) is 3. The molecule has 0 aromatic heterocycles. The molecule has 2 aromatic carbocycles. The average molecular weight is 408 g/mol. The number of anilines is 2. The highest BCUT2D eigenvalue weighted by Crippen LogP contribution is 2.19. The van der Waals surface area contributed by atoms with E-state index >= 15 is 0 Å². The second-order valence-electron chi connectivity index (χ2n) is 6.64. The average Bonchev–Trinajstić information content (AvgIpc) is 2.67. The van der Waals surface area contributed by atoms with Gasteiger partial charge in [-0.2, -0.15) is 0 Å². The third-order valence-electron chi connectivity index (χ3n) is 4.42. The minimum atomic E-state index is -1.68. The summed E-state index contributed by atoms with van der Waals surface area (Å²) in [5.74, 6) is -5.74. The minimum absolute atomic E-state index is 0.141. The molecule has 2 amide bonds. The van der Waals surface area contributed by atoms with Gasteiger partial charge in [-0.15, -0.1) is 0 Å². The summed E-state index contributed by atoms with van der Waals surface area (Å²) in [6, 6.07) is 7.38. The Morgan fingerprint density at radius 2 is 1.72 bits per heavy atom. The Labute approximate surface area is 165 Å². The molecule has 0 aliphatic carbocycles. The van der Waals surface area contributed by atoms with Gasteiger partial charge in [0, 0.05) is 11.3 Å². The molecule has 0 saturated heterocycles. The van der Waals surface area contributed by atoms with Crippen molar-refractivity contribution in [2.45, 2.75) is 19.9 Å². The third-order valence-corrected chi connectivity index (χ3v) is 4.42. The van der Waals surface area contributed by atoms with Gasteiger partial charge in [0.05, 0.1) is 12.7 Å². The molecule has 0 heterocycles. The van der Waals surface area contributed by atoms with E-state index in [0.717, 1.165) is 6.07 Å². The molecule has 3 N–H and O–H groups in total. The van der Waals surface area contributed by atoms with Gasteiger partial charge in [0.2, 0.25) is 0 Å². The van der Waals surface area contributed by atoms with Crippen LogP contribution in [0.25, 0.3) is 0 Å². The maximum absolute atomic E-state index is 13.7. The second-order valence-corrected chi connectivity index (χ2v) is 6.64. The van der Waals surface area contributed by atoms with Crippen LogP contribution in [0.15, 0.2) is 36.4 Å². The number of amides is 2. The lowest BCUT2D eigenvalue weighted by atomic mass is 10.1. The van der Waals surface area contributed by atoms with Crippen LogP contribution in [-0.2, 0) is 9.59 Å². The van der Waals surface area contributed by atoms with Crippen molar-refractivity contribution in [3.63, 3.8) is 0 Å². The van der Waals surface area contributed by atoms with Crippen molar-refractivity contribution >= 4 is 29.0 Å². The summed E-state index contributed by atoms with van der Waals surface area (Å²) in [5.41, 5.74) is 0.402. The quantitative estimate of drug-likeness (QED) is 0.483. The van der Waals surface area contributed by atoms with Gasteiger partial charge in [-0.1, -0.05) is 12.1 Å². The second kappa shape index (κ2) is 9.33. The lowest BCUT2D eigenvalue weighted by Crippen LogP contribution is -3.14. The summed E-state index contributed by atoms with van der Waals surface area (Å²) in [6.07, 6.45) is 0. The number of rotatable bonds is 7. The summed E-state index contributed by atoms with van der Waals surface area (Å²) < 4.78 is 39.9. The third kappa shape index (κ3) is 5.64. The van der Waals surface area contributed by atoms with Gasteiger partial charge in [0.25, 0.3) is 11.8 Å². The monoisotopic (exact) mass is 408 g/mol. The van der Waals surface area contributed by atoms with Crippen LogP contribution in [0.4, 0.5) is 24.5 Å². The van der Waals surface area contributed by atoms with Crippen molar-refractivity contribution in [1.82, 2.24) is 0 Å². The van der Waals surface area contributed by atoms with Gasteiger partial charge in [-0.3, -0.25) is 14.4 Å². The number of hydrogen-bond donors (Lipinski definition) is 3. The van der Waals surface area contributed by atoms with Crippen molar-refractivity contribution in [2.24, 2.45) is 0 Å². The highest BCUT2D eigenvalue weighted by atomic mass is 19.2. The summed E-state index contributed by atoms with van der Waals surface area (Å²) in [5, 5.41) is 4.83. The molecular formula is C20H21F3N3O3+. The molecule has 0 aliphatic rings. The van der Waals surface area contributed by atoms with E-state index < -0.39 is 41.0 Å². The molecule has 6 nitrogen and oxygen atoms in total. The zero-order valence-electron chi connectivity index (χ0n) is 16.1. The number of carbonyl (C=O) groups excluding carboxylic acids is 3.